The molecule has 1 heteroatoms. The summed E-state index contributed by atoms with van der Waals surface area (Å²) >= 11 is 0. The summed E-state index contributed by atoms with van der Waals surface area (Å²) in [6.07, 6.45) is 0. The average Bonchev–Trinajstić information content (AvgIpc) is 2.37. The minimum atomic E-state index is 0.603. The summed E-state index contributed by atoms with van der Waals surface area (Å²) in [6.45, 7) is 10.8. The zero-order valence-corrected chi connectivity index (χ0v) is 11.9. The van der Waals surface area contributed by atoms with Crippen molar-refractivity contribution in [1.29, 1.82) is 0 Å². The number of hydrogen-bond acceptors (Lipinski definition) is 1. The van der Waals surface area contributed by atoms with Gasteiger partial charge in [0.1, 0.15) is 12.4 Å². The molecule has 0 N–H and O–H groups in total. The second kappa shape index (κ2) is 5.75. The molecule has 0 radical (unpaired) electrons. The third-order valence-electron chi connectivity index (χ3n) is 3.20. The van der Waals surface area contributed by atoms with Crippen molar-refractivity contribution < 1.29 is 4.74 Å². The molecule has 0 bridgehead atoms. The van der Waals surface area contributed by atoms with Crippen LogP contribution in [0.5, 0.6) is 5.75 Å². The summed E-state index contributed by atoms with van der Waals surface area (Å²) in [6, 6.07) is 14.5. The molecule has 0 amide bonds. The highest BCUT2D eigenvalue weighted by molar-refractivity contribution is 5.63. The van der Waals surface area contributed by atoms with Crippen molar-refractivity contribution in [2.75, 3.05) is 0 Å². The van der Waals surface area contributed by atoms with Gasteiger partial charge in [0.2, 0.25) is 0 Å². The molecular formula is C18H20O. The maximum absolute atomic E-state index is 5.90. The Labute approximate surface area is 115 Å². The lowest BCUT2D eigenvalue weighted by molar-refractivity contribution is 0.305. The van der Waals surface area contributed by atoms with Gasteiger partial charge in [-0.05, 0) is 55.2 Å². The smallest absolute Gasteiger partial charge is 0.120 e. The fourth-order valence-corrected chi connectivity index (χ4v) is 2.01. The van der Waals surface area contributed by atoms with E-state index in [1.54, 1.807) is 0 Å². The molecule has 98 valence electrons. The lowest BCUT2D eigenvalue weighted by Crippen LogP contribution is -1.98. The number of allylic oxidation sites excluding steroid dienone is 1. The monoisotopic (exact) mass is 252 g/mol. The molecule has 2 rings (SSSR count). The Hall–Kier alpha value is -2.02. The molecule has 0 aromatic heterocycles. The molecule has 2 aromatic rings. The minimum Gasteiger partial charge on any atom is -0.489 e. The van der Waals surface area contributed by atoms with Gasteiger partial charge in [-0.1, -0.05) is 42.5 Å². The molecule has 0 spiro atoms. The van der Waals surface area contributed by atoms with Crippen LogP contribution in [-0.4, -0.2) is 0 Å². The number of rotatable bonds is 4. The SMILES string of the molecule is C=C(C)c1cc(C)cc(OCc2ccccc2C)c1. The molecule has 0 fully saturated rings. The first-order chi connectivity index (χ1) is 9.06. The largest absolute Gasteiger partial charge is 0.489 e. The van der Waals surface area contributed by atoms with Gasteiger partial charge in [-0.2, -0.15) is 0 Å². The maximum atomic E-state index is 5.90. The summed E-state index contributed by atoms with van der Waals surface area (Å²) in [5.74, 6) is 0.904. The number of ether oxygens (including phenoxy) is 1. The highest BCUT2D eigenvalue weighted by Gasteiger charge is 2.02. The van der Waals surface area contributed by atoms with Crippen LogP contribution in [0.1, 0.15) is 29.2 Å². The molecule has 0 aliphatic heterocycles. The molecule has 0 atom stereocenters. The molecular weight excluding hydrogens is 232 g/mol. The molecule has 0 saturated heterocycles. The third-order valence-corrected chi connectivity index (χ3v) is 3.20. The minimum absolute atomic E-state index is 0.603. The Bertz CT molecular complexity index is 596. The highest BCUT2D eigenvalue weighted by atomic mass is 16.5. The van der Waals surface area contributed by atoms with E-state index in [9.17, 15) is 0 Å². The Morgan fingerprint density at radius 1 is 1.11 bits per heavy atom. The van der Waals surface area contributed by atoms with Crippen LogP contribution in [0.2, 0.25) is 0 Å². The fourth-order valence-electron chi connectivity index (χ4n) is 2.01. The van der Waals surface area contributed by atoms with E-state index in [1.807, 2.05) is 25.1 Å². The van der Waals surface area contributed by atoms with Crippen LogP contribution in [0.25, 0.3) is 5.57 Å². The molecule has 0 aliphatic rings. The Morgan fingerprint density at radius 3 is 2.53 bits per heavy atom. The van der Waals surface area contributed by atoms with Crippen molar-refractivity contribution in [2.24, 2.45) is 0 Å². The maximum Gasteiger partial charge on any atom is 0.120 e. The van der Waals surface area contributed by atoms with Gasteiger partial charge >= 0.3 is 0 Å². The Balaban J connectivity index is 2.16. The second-order valence-corrected chi connectivity index (χ2v) is 5.03. The lowest BCUT2D eigenvalue weighted by atomic mass is 10.1. The molecule has 2 aromatic carbocycles. The molecule has 19 heavy (non-hydrogen) atoms. The standard InChI is InChI=1S/C18H20O/c1-13(2)17-9-14(3)10-18(11-17)19-12-16-8-6-5-7-15(16)4/h5-11H,1,12H2,2-4H3. The van der Waals surface area contributed by atoms with E-state index in [-0.39, 0.29) is 0 Å². The van der Waals surface area contributed by atoms with Crippen molar-refractivity contribution >= 4 is 5.57 Å². The van der Waals surface area contributed by atoms with Gasteiger partial charge in [-0.25, -0.2) is 0 Å². The normalized spacial score (nSPS) is 10.3. The second-order valence-electron chi connectivity index (χ2n) is 5.03. The summed E-state index contributed by atoms with van der Waals surface area (Å²) in [7, 11) is 0. The zero-order valence-electron chi connectivity index (χ0n) is 11.9. The Morgan fingerprint density at radius 2 is 1.84 bits per heavy atom. The van der Waals surface area contributed by atoms with E-state index >= 15 is 0 Å². The predicted octanol–water partition coefficient (Wildman–Crippen LogP) is 4.92. The van der Waals surface area contributed by atoms with Gasteiger partial charge in [0, 0.05) is 0 Å². The van der Waals surface area contributed by atoms with E-state index in [1.165, 1.54) is 16.7 Å². The van der Waals surface area contributed by atoms with Crippen molar-refractivity contribution in [1.82, 2.24) is 0 Å². The fraction of sp³-hybridized carbons (Fsp3) is 0.222. The van der Waals surface area contributed by atoms with Crippen LogP contribution >= 0.6 is 0 Å². The topological polar surface area (TPSA) is 9.23 Å². The van der Waals surface area contributed by atoms with Gasteiger partial charge in [0.25, 0.3) is 0 Å². The highest BCUT2D eigenvalue weighted by Crippen LogP contribution is 2.22. The van der Waals surface area contributed by atoms with Crippen molar-refractivity contribution in [2.45, 2.75) is 27.4 Å². The first-order valence-corrected chi connectivity index (χ1v) is 6.51. The number of hydrogen-bond donors (Lipinski definition) is 0. The molecule has 0 saturated carbocycles. The van der Waals surface area contributed by atoms with Crippen molar-refractivity contribution in [3.63, 3.8) is 0 Å². The predicted molar refractivity (Wildman–Crippen MR) is 81.4 cm³/mol. The summed E-state index contributed by atoms with van der Waals surface area (Å²) in [5, 5.41) is 0. The molecule has 1 nitrogen and oxygen atoms in total. The van der Waals surface area contributed by atoms with Crippen LogP contribution < -0.4 is 4.74 Å². The summed E-state index contributed by atoms with van der Waals surface area (Å²) in [5.41, 5.74) is 5.88. The van der Waals surface area contributed by atoms with E-state index in [0.29, 0.717) is 6.61 Å². The van der Waals surface area contributed by atoms with Gasteiger partial charge in [0.15, 0.2) is 0 Å². The molecule has 0 heterocycles. The first-order valence-electron chi connectivity index (χ1n) is 6.51. The van der Waals surface area contributed by atoms with Crippen LogP contribution in [-0.2, 0) is 6.61 Å². The molecule has 0 aliphatic carbocycles. The first kappa shape index (κ1) is 13.4. The Kier molecular flexibility index (Phi) is 4.06. The summed E-state index contributed by atoms with van der Waals surface area (Å²) in [4.78, 5) is 0. The average molecular weight is 252 g/mol. The van der Waals surface area contributed by atoms with Gasteiger partial charge in [0.05, 0.1) is 0 Å². The van der Waals surface area contributed by atoms with E-state index in [4.69, 9.17) is 4.74 Å². The van der Waals surface area contributed by atoms with Gasteiger partial charge in [-0.3, -0.25) is 0 Å². The van der Waals surface area contributed by atoms with E-state index in [0.717, 1.165) is 16.9 Å². The van der Waals surface area contributed by atoms with E-state index < -0.39 is 0 Å². The number of aryl methyl sites for hydroxylation is 2. The van der Waals surface area contributed by atoms with Crippen LogP contribution in [0.15, 0.2) is 49.0 Å². The van der Waals surface area contributed by atoms with Crippen LogP contribution in [0.3, 0.4) is 0 Å². The number of benzene rings is 2. The van der Waals surface area contributed by atoms with E-state index in [2.05, 4.69) is 44.7 Å². The van der Waals surface area contributed by atoms with Crippen molar-refractivity contribution in [3.05, 3.63) is 71.3 Å². The van der Waals surface area contributed by atoms with Crippen LogP contribution in [0.4, 0.5) is 0 Å². The quantitative estimate of drug-likeness (QED) is 0.750. The van der Waals surface area contributed by atoms with Crippen molar-refractivity contribution in [3.8, 4) is 5.75 Å². The third kappa shape index (κ3) is 3.47. The lowest BCUT2D eigenvalue weighted by Gasteiger charge is -2.11. The zero-order chi connectivity index (χ0) is 13.8. The molecule has 0 unspecified atom stereocenters. The van der Waals surface area contributed by atoms with Gasteiger partial charge < -0.3 is 4.74 Å². The summed E-state index contributed by atoms with van der Waals surface area (Å²) < 4.78 is 5.90. The van der Waals surface area contributed by atoms with Gasteiger partial charge in [-0.15, -0.1) is 0 Å². The van der Waals surface area contributed by atoms with Crippen LogP contribution in [0, 0.1) is 13.8 Å².